The predicted octanol–water partition coefficient (Wildman–Crippen LogP) is 6.58. The van der Waals surface area contributed by atoms with Gasteiger partial charge in [0.2, 0.25) is 5.91 Å². The molecule has 1 aromatic carbocycles. The lowest BCUT2D eigenvalue weighted by atomic mass is 9.78. The van der Waals surface area contributed by atoms with Crippen molar-refractivity contribution in [3.63, 3.8) is 0 Å². The smallest absolute Gasteiger partial charge is 0.314 e. The predicted molar refractivity (Wildman–Crippen MR) is 172 cm³/mol. The second-order valence-electron chi connectivity index (χ2n) is 12.6. The fourth-order valence-electron chi connectivity index (χ4n) is 7.80. The van der Waals surface area contributed by atoms with E-state index in [0.29, 0.717) is 37.3 Å². The summed E-state index contributed by atoms with van der Waals surface area (Å²) in [6.07, 6.45) is 10.8. The van der Waals surface area contributed by atoms with Gasteiger partial charge in [0, 0.05) is 47.7 Å². The molecule has 3 fully saturated rings. The largest absolute Gasteiger partial charge is 0.351 e. The third-order valence-electron chi connectivity index (χ3n) is 10.3. The summed E-state index contributed by atoms with van der Waals surface area (Å²) in [5, 5.41) is 0.768. The van der Waals surface area contributed by atoms with Crippen LogP contribution >= 0.6 is 43.5 Å². The molecule has 3 saturated heterocycles. The normalized spacial score (nSPS) is 22.9. The van der Waals surface area contributed by atoms with Crippen molar-refractivity contribution in [3.8, 4) is 0 Å². The molecular weight excluding hydrogens is 682 g/mol. The molecule has 226 valence electrons. The van der Waals surface area contributed by atoms with Crippen molar-refractivity contribution >= 4 is 55.4 Å². The van der Waals surface area contributed by atoms with E-state index in [9.17, 15) is 9.59 Å². The van der Waals surface area contributed by atoms with Gasteiger partial charge in [-0.1, -0.05) is 11.6 Å². The van der Waals surface area contributed by atoms with E-state index in [2.05, 4.69) is 59.9 Å². The van der Waals surface area contributed by atoms with Crippen LogP contribution in [0.15, 0.2) is 33.3 Å². The van der Waals surface area contributed by atoms with Gasteiger partial charge in [0.05, 0.1) is 16.8 Å². The number of carbonyl (C=O) groups is 2. The fraction of sp³-hybridized carbons (Fsp3) is 0.594. The van der Waals surface area contributed by atoms with Gasteiger partial charge in [-0.3, -0.25) is 14.7 Å². The Morgan fingerprint density at radius 3 is 2.14 bits per heavy atom. The molecule has 1 aliphatic carbocycles. The number of hydrogen-bond donors (Lipinski definition) is 1. The molecule has 3 amide bonds. The minimum atomic E-state index is -0.348. The first kappa shape index (κ1) is 30.4. The topological polar surface area (TPSA) is 82.8 Å². The Labute approximate surface area is 270 Å². The van der Waals surface area contributed by atoms with Crippen molar-refractivity contribution in [1.29, 1.82) is 0 Å². The van der Waals surface area contributed by atoms with Crippen molar-refractivity contribution in [3.05, 3.63) is 60.7 Å². The zero-order valence-corrected chi connectivity index (χ0v) is 28.0. The van der Waals surface area contributed by atoms with E-state index < -0.39 is 0 Å². The first-order valence-electron chi connectivity index (χ1n) is 15.4. The highest BCUT2D eigenvalue weighted by Gasteiger charge is 2.36. The molecule has 42 heavy (non-hydrogen) atoms. The molecule has 7 nitrogen and oxygen atoms in total. The first-order valence-corrected chi connectivity index (χ1v) is 17.4. The molecule has 0 bridgehead atoms. The number of urea groups is 1. The van der Waals surface area contributed by atoms with Crippen LogP contribution < -0.4 is 5.73 Å². The summed E-state index contributed by atoms with van der Waals surface area (Å²) in [5.41, 5.74) is 10.5. The third-order valence-corrected chi connectivity index (χ3v) is 11.9. The third kappa shape index (κ3) is 6.54. The molecule has 3 aliphatic heterocycles. The van der Waals surface area contributed by atoms with Crippen LogP contribution in [0.4, 0.5) is 4.79 Å². The lowest BCUT2D eigenvalue weighted by molar-refractivity contribution is -0.134. The van der Waals surface area contributed by atoms with E-state index in [1.54, 1.807) is 4.90 Å². The number of amides is 3. The van der Waals surface area contributed by atoms with Crippen LogP contribution in [0.25, 0.3) is 0 Å². The van der Waals surface area contributed by atoms with E-state index in [1.807, 2.05) is 6.20 Å². The second kappa shape index (κ2) is 13.1. The van der Waals surface area contributed by atoms with Gasteiger partial charge in [-0.15, -0.1) is 0 Å². The number of primary amides is 1. The maximum absolute atomic E-state index is 13.1. The zero-order valence-electron chi connectivity index (χ0n) is 24.0. The van der Waals surface area contributed by atoms with Crippen LogP contribution in [0.2, 0.25) is 5.02 Å². The Hall–Kier alpha value is -1.68. The average molecular weight is 722 g/mol. The van der Waals surface area contributed by atoms with Gasteiger partial charge in [-0.25, -0.2) is 4.79 Å². The molecule has 10 heteroatoms. The fourth-order valence-corrected chi connectivity index (χ4v) is 8.73. The van der Waals surface area contributed by atoms with Crippen LogP contribution in [0, 0.1) is 17.8 Å². The highest BCUT2D eigenvalue weighted by atomic mass is 79.9. The van der Waals surface area contributed by atoms with Crippen LogP contribution in [-0.4, -0.2) is 70.9 Å². The van der Waals surface area contributed by atoms with Gasteiger partial charge in [0.25, 0.3) is 0 Å². The molecule has 0 saturated carbocycles. The number of pyridine rings is 1. The van der Waals surface area contributed by atoms with Crippen molar-refractivity contribution < 1.29 is 9.59 Å². The van der Waals surface area contributed by atoms with E-state index in [-0.39, 0.29) is 18.0 Å². The number of nitrogens with zero attached hydrogens (tertiary/aromatic N) is 4. The molecular formula is C32H40Br2ClN5O2. The van der Waals surface area contributed by atoms with E-state index in [0.717, 1.165) is 78.7 Å². The van der Waals surface area contributed by atoms with Gasteiger partial charge < -0.3 is 15.5 Å². The Bertz CT molecular complexity index is 1320. The quantitative estimate of drug-likeness (QED) is 0.387. The van der Waals surface area contributed by atoms with Crippen LogP contribution in [-0.2, 0) is 17.6 Å². The minimum Gasteiger partial charge on any atom is -0.351 e. The SMILES string of the molecule is NC(=O)N1CCC(CC(=O)N2CCC(C3CCN(C4c5cc(Br)c(Cl)cc5CCc5cc(Br)cnc54)CC3)CC2)CC1. The lowest BCUT2D eigenvalue weighted by Gasteiger charge is -2.43. The van der Waals surface area contributed by atoms with Gasteiger partial charge in [-0.05, 0) is 149 Å². The summed E-state index contributed by atoms with van der Waals surface area (Å²) in [7, 11) is 0. The first-order chi connectivity index (χ1) is 20.3. The standard InChI is InChI=1S/C32H40Br2ClN5O2/c33-25-16-24-2-1-23-17-28(35)27(34)18-26(23)31(30(24)37-19-25)39-13-7-22(8-14-39)21-5-11-38(12-6-21)29(41)15-20-3-9-40(10-4-20)32(36)42/h16-22,31H,1-15H2,(H2,36,42). The number of hydrogen-bond acceptors (Lipinski definition) is 4. The van der Waals surface area contributed by atoms with Crippen molar-refractivity contribution in [2.75, 3.05) is 39.3 Å². The number of likely N-dealkylation sites (tertiary alicyclic amines) is 3. The Morgan fingerprint density at radius 2 is 1.48 bits per heavy atom. The lowest BCUT2D eigenvalue weighted by Crippen LogP contribution is -2.45. The molecule has 0 spiro atoms. The van der Waals surface area contributed by atoms with Crippen LogP contribution in [0.5, 0.6) is 0 Å². The Kier molecular flexibility index (Phi) is 9.49. The van der Waals surface area contributed by atoms with E-state index >= 15 is 0 Å². The molecule has 6 rings (SSSR count). The van der Waals surface area contributed by atoms with E-state index in [4.69, 9.17) is 22.3 Å². The number of rotatable bonds is 4. The Morgan fingerprint density at radius 1 is 0.857 bits per heavy atom. The Balaban J connectivity index is 1.06. The molecule has 4 heterocycles. The van der Waals surface area contributed by atoms with Crippen LogP contribution in [0.3, 0.4) is 0 Å². The number of benzene rings is 1. The maximum atomic E-state index is 13.1. The van der Waals surface area contributed by atoms with Gasteiger partial charge >= 0.3 is 6.03 Å². The highest BCUT2D eigenvalue weighted by Crippen LogP contribution is 2.42. The monoisotopic (exact) mass is 719 g/mol. The molecule has 4 aliphatic rings. The number of halogens is 3. The zero-order chi connectivity index (χ0) is 29.4. The minimum absolute atomic E-state index is 0.134. The average Bonchev–Trinajstić information content (AvgIpc) is 3.14. The van der Waals surface area contributed by atoms with Crippen molar-refractivity contribution in [2.24, 2.45) is 23.5 Å². The molecule has 1 atom stereocenters. The summed E-state index contributed by atoms with van der Waals surface area (Å²) in [6, 6.07) is 6.39. The summed E-state index contributed by atoms with van der Waals surface area (Å²) < 4.78 is 1.97. The number of piperidine rings is 3. The summed E-state index contributed by atoms with van der Waals surface area (Å²) >= 11 is 13.9. The van der Waals surface area contributed by atoms with E-state index in [1.165, 1.54) is 35.2 Å². The van der Waals surface area contributed by atoms with Crippen LogP contribution in [0.1, 0.15) is 73.4 Å². The number of carbonyl (C=O) groups excluding carboxylic acids is 2. The molecule has 1 unspecified atom stereocenters. The highest BCUT2D eigenvalue weighted by molar-refractivity contribution is 9.10. The number of aromatic nitrogens is 1. The van der Waals surface area contributed by atoms with Crippen molar-refractivity contribution in [2.45, 2.75) is 63.8 Å². The maximum Gasteiger partial charge on any atom is 0.314 e. The van der Waals surface area contributed by atoms with Crippen molar-refractivity contribution in [1.82, 2.24) is 19.7 Å². The van der Waals surface area contributed by atoms with Gasteiger partial charge in [-0.2, -0.15) is 0 Å². The van der Waals surface area contributed by atoms with Gasteiger partial charge in [0.15, 0.2) is 0 Å². The molecule has 2 N–H and O–H groups in total. The van der Waals surface area contributed by atoms with Gasteiger partial charge in [0.1, 0.15) is 0 Å². The summed E-state index contributed by atoms with van der Waals surface area (Å²) in [4.78, 5) is 35.9. The summed E-state index contributed by atoms with van der Waals surface area (Å²) in [6.45, 7) is 5.20. The number of aryl methyl sites for hydroxylation is 2. The second-order valence-corrected chi connectivity index (χ2v) is 14.8. The number of fused-ring (bicyclic) bond motifs is 2. The molecule has 0 radical (unpaired) electrons. The number of nitrogens with two attached hydrogens (primary N) is 1. The summed E-state index contributed by atoms with van der Waals surface area (Å²) in [5.74, 6) is 2.04. The molecule has 2 aromatic rings. The molecule has 1 aromatic heterocycles.